The Balaban J connectivity index is 3.76. The van der Waals surface area contributed by atoms with Gasteiger partial charge in [-0.25, -0.2) is 0 Å². The fraction of sp³-hybridized carbons (Fsp3) is 1.00. The van der Waals surface area contributed by atoms with E-state index in [9.17, 15) is 0 Å². The van der Waals surface area contributed by atoms with Gasteiger partial charge in [-0.05, 0) is 25.9 Å². The maximum absolute atomic E-state index is 2.49. The number of hydrogen-bond acceptors (Lipinski definition) is 1. The molecule has 0 aliphatic carbocycles. The third kappa shape index (κ3) is 2.70. The molecule has 0 unspecified atom stereocenters. The average molecular weight is 143 g/mol. The van der Waals surface area contributed by atoms with Crippen LogP contribution < -0.4 is 0 Å². The van der Waals surface area contributed by atoms with E-state index >= 15 is 0 Å². The summed E-state index contributed by atoms with van der Waals surface area (Å²) in [5, 5.41) is 0. The quantitative estimate of drug-likeness (QED) is 0.584. The summed E-state index contributed by atoms with van der Waals surface area (Å²) in [6.07, 6.45) is 0. The van der Waals surface area contributed by atoms with Crippen molar-refractivity contribution in [2.45, 2.75) is 40.7 Å². The minimum absolute atomic E-state index is 0.731. The highest BCUT2D eigenvalue weighted by molar-refractivity contribution is 4.67. The molecule has 0 aliphatic rings. The lowest BCUT2D eigenvalue weighted by atomic mass is 10.1. The second-order valence-electron chi connectivity index (χ2n) is 3.21. The molecule has 0 aromatic carbocycles. The van der Waals surface area contributed by atoms with Gasteiger partial charge in [-0.2, -0.15) is 0 Å². The van der Waals surface area contributed by atoms with E-state index in [2.05, 4.69) is 39.5 Å². The Kier molecular flexibility index (Phi) is 4.71. The van der Waals surface area contributed by atoms with Crippen molar-refractivity contribution >= 4 is 0 Å². The predicted molar refractivity (Wildman–Crippen MR) is 47.2 cm³/mol. The van der Waals surface area contributed by atoms with E-state index in [4.69, 9.17) is 0 Å². The summed E-state index contributed by atoms with van der Waals surface area (Å²) in [4.78, 5) is 2.49. The average Bonchev–Trinajstić information content (AvgIpc) is 1.90. The number of rotatable bonds is 4. The van der Waals surface area contributed by atoms with Crippen molar-refractivity contribution in [3.63, 3.8) is 0 Å². The third-order valence-corrected chi connectivity index (χ3v) is 2.35. The van der Waals surface area contributed by atoms with E-state index in [1.165, 1.54) is 13.1 Å². The zero-order valence-electron chi connectivity index (χ0n) is 8.02. The molecule has 0 heterocycles. The van der Waals surface area contributed by atoms with Crippen molar-refractivity contribution in [1.29, 1.82) is 0 Å². The lowest BCUT2D eigenvalue weighted by molar-refractivity contribution is 0.186. The monoisotopic (exact) mass is 143 g/mol. The standard InChI is InChI=1S/C9H21N/c1-6-10(7-2)9(5)8(3)4/h8-9H,6-7H2,1-5H3/t9-/m1/s1. The Hall–Kier alpha value is -0.0400. The summed E-state index contributed by atoms with van der Waals surface area (Å²) in [5.41, 5.74) is 0. The molecule has 10 heavy (non-hydrogen) atoms. The van der Waals surface area contributed by atoms with Gasteiger partial charge in [-0.3, -0.25) is 0 Å². The molecular formula is C9H21N. The van der Waals surface area contributed by atoms with Crippen LogP contribution in [0.4, 0.5) is 0 Å². The van der Waals surface area contributed by atoms with E-state index in [0.717, 1.165) is 12.0 Å². The smallest absolute Gasteiger partial charge is 0.00896 e. The summed E-state index contributed by atoms with van der Waals surface area (Å²) in [6, 6.07) is 0.731. The highest BCUT2D eigenvalue weighted by Gasteiger charge is 2.12. The molecular weight excluding hydrogens is 122 g/mol. The van der Waals surface area contributed by atoms with Gasteiger partial charge in [0.2, 0.25) is 0 Å². The van der Waals surface area contributed by atoms with Crippen LogP contribution in [-0.2, 0) is 0 Å². The molecule has 0 aromatic rings. The molecule has 0 aromatic heterocycles. The highest BCUT2D eigenvalue weighted by atomic mass is 15.1. The molecule has 1 heteroatoms. The summed E-state index contributed by atoms with van der Waals surface area (Å²) in [7, 11) is 0. The normalized spacial score (nSPS) is 14.7. The number of nitrogens with zero attached hydrogens (tertiary/aromatic N) is 1. The Morgan fingerprint density at radius 1 is 1.00 bits per heavy atom. The van der Waals surface area contributed by atoms with Gasteiger partial charge < -0.3 is 4.90 Å². The van der Waals surface area contributed by atoms with Crippen molar-refractivity contribution in [2.75, 3.05) is 13.1 Å². The minimum Gasteiger partial charge on any atom is -0.301 e. The van der Waals surface area contributed by atoms with Gasteiger partial charge in [-0.15, -0.1) is 0 Å². The van der Waals surface area contributed by atoms with Gasteiger partial charge in [0.15, 0.2) is 0 Å². The van der Waals surface area contributed by atoms with Crippen LogP contribution in [0.3, 0.4) is 0 Å². The maximum atomic E-state index is 2.49. The van der Waals surface area contributed by atoms with Crippen LogP contribution in [0, 0.1) is 5.92 Å². The molecule has 0 saturated heterocycles. The van der Waals surface area contributed by atoms with Gasteiger partial charge in [0, 0.05) is 6.04 Å². The number of hydrogen-bond donors (Lipinski definition) is 0. The summed E-state index contributed by atoms with van der Waals surface area (Å²) >= 11 is 0. The van der Waals surface area contributed by atoms with E-state index < -0.39 is 0 Å². The first-order valence-corrected chi connectivity index (χ1v) is 4.37. The van der Waals surface area contributed by atoms with Crippen LogP contribution in [0.2, 0.25) is 0 Å². The van der Waals surface area contributed by atoms with Crippen LogP contribution in [0.1, 0.15) is 34.6 Å². The molecule has 0 N–H and O–H groups in total. The maximum Gasteiger partial charge on any atom is 0.00896 e. The van der Waals surface area contributed by atoms with Gasteiger partial charge in [0.1, 0.15) is 0 Å². The molecule has 0 fully saturated rings. The molecule has 0 bridgehead atoms. The van der Waals surface area contributed by atoms with Gasteiger partial charge in [-0.1, -0.05) is 27.7 Å². The van der Waals surface area contributed by atoms with Crippen LogP contribution in [0.15, 0.2) is 0 Å². The van der Waals surface area contributed by atoms with Crippen molar-refractivity contribution in [3.05, 3.63) is 0 Å². The van der Waals surface area contributed by atoms with E-state index in [1.807, 2.05) is 0 Å². The largest absolute Gasteiger partial charge is 0.301 e. The second-order valence-corrected chi connectivity index (χ2v) is 3.21. The van der Waals surface area contributed by atoms with Crippen molar-refractivity contribution in [1.82, 2.24) is 4.90 Å². The molecule has 0 amide bonds. The predicted octanol–water partition coefficient (Wildman–Crippen LogP) is 2.37. The fourth-order valence-corrected chi connectivity index (χ4v) is 1.22. The van der Waals surface area contributed by atoms with Crippen LogP contribution >= 0.6 is 0 Å². The molecule has 62 valence electrons. The first-order chi connectivity index (χ1) is 4.63. The summed E-state index contributed by atoms with van der Waals surface area (Å²) in [5.74, 6) is 0.778. The fourth-order valence-electron chi connectivity index (χ4n) is 1.22. The van der Waals surface area contributed by atoms with E-state index in [1.54, 1.807) is 0 Å². The van der Waals surface area contributed by atoms with Gasteiger partial charge in [0.25, 0.3) is 0 Å². The zero-order chi connectivity index (χ0) is 8.15. The van der Waals surface area contributed by atoms with E-state index in [0.29, 0.717) is 0 Å². The SMILES string of the molecule is CCN(CC)[C@H](C)C(C)C. The molecule has 0 aliphatic heterocycles. The summed E-state index contributed by atoms with van der Waals surface area (Å²) in [6.45, 7) is 13.7. The van der Waals surface area contributed by atoms with Crippen molar-refractivity contribution < 1.29 is 0 Å². The van der Waals surface area contributed by atoms with Crippen molar-refractivity contribution in [3.8, 4) is 0 Å². The molecule has 0 rings (SSSR count). The van der Waals surface area contributed by atoms with Crippen LogP contribution in [0.25, 0.3) is 0 Å². The first kappa shape index (κ1) is 9.96. The zero-order valence-corrected chi connectivity index (χ0v) is 8.02. The van der Waals surface area contributed by atoms with E-state index in [-0.39, 0.29) is 0 Å². The Labute approximate surface area is 65.4 Å². The molecule has 1 nitrogen and oxygen atoms in total. The topological polar surface area (TPSA) is 3.24 Å². The van der Waals surface area contributed by atoms with Gasteiger partial charge >= 0.3 is 0 Å². The highest BCUT2D eigenvalue weighted by Crippen LogP contribution is 2.08. The first-order valence-electron chi connectivity index (χ1n) is 4.37. The molecule has 1 atom stereocenters. The lowest BCUT2D eigenvalue weighted by Gasteiger charge is -2.29. The Bertz CT molecular complexity index is 74.8. The second kappa shape index (κ2) is 4.73. The lowest BCUT2D eigenvalue weighted by Crippen LogP contribution is -2.36. The summed E-state index contributed by atoms with van der Waals surface area (Å²) < 4.78 is 0. The third-order valence-electron chi connectivity index (χ3n) is 2.35. The van der Waals surface area contributed by atoms with Gasteiger partial charge in [0.05, 0.1) is 0 Å². The van der Waals surface area contributed by atoms with Crippen LogP contribution in [-0.4, -0.2) is 24.0 Å². The molecule has 0 radical (unpaired) electrons. The molecule has 0 saturated carbocycles. The molecule has 0 spiro atoms. The Morgan fingerprint density at radius 2 is 1.40 bits per heavy atom. The minimum atomic E-state index is 0.731. The Morgan fingerprint density at radius 3 is 1.50 bits per heavy atom. The van der Waals surface area contributed by atoms with Crippen LogP contribution in [0.5, 0.6) is 0 Å². The van der Waals surface area contributed by atoms with Crippen molar-refractivity contribution in [2.24, 2.45) is 5.92 Å².